The van der Waals surface area contributed by atoms with Crippen LogP contribution < -0.4 is 0 Å². The number of hydrogen-bond donors (Lipinski definition) is 0. The molecule has 0 aromatic carbocycles. The highest BCUT2D eigenvalue weighted by atomic mass is 16.1. The van der Waals surface area contributed by atoms with Crippen molar-refractivity contribution in [3.63, 3.8) is 0 Å². The summed E-state index contributed by atoms with van der Waals surface area (Å²) in [4.78, 5) is 28.0. The molecule has 126 valence electrons. The van der Waals surface area contributed by atoms with Gasteiger partial charge in [0, 0.05) is 0 Å². The molecule has 0 aliphatic heterocycles. The molecular formula is C18H32N2O2. The Kier molecular flexibility index (Phi) is 9.89. The van der Waals surface area contributed by atoms with Crippen molar-refractivity contribution in [2.24, 2.45) is 20.8 Å². The predicted molar refractivity (Wildman–Crippen MR) is 90.5 cm³/mol. The molecule has 0 bridgehead atoms. The zero-order valence-corrected chi connectivity index (χ0v) is 14.9. The highest BCUT2D eigenvalue weighted by molar-refractivity contribution is 5.34. The SMILES string of the molecule is CC1(C)CC(N=C=O)CC(C)(CN=C=O)C1.CCCCCC. The van der Waals surface area contributed by atoms with E-state index < -0.39 is 0 Å². The second-order valence-corrected chi connectivity index (χ2v) is 7.55. The van der Waals surface area contributed by atoms with Crippen molar-refractivity contribution in [3.05, 3.63) is 0 Å². The van der Waals surface area contributed by atoms with Crippen LogP contribution in [-0.4, -0.2) is 24.7 Å². The van der Waals surface area contributed by atoms with E-state index in [1.54, 1.807) is 12.2 Å². The van der Waals surface area contributed by atoms with Crippen LogP contribution in [0, 0.1) is 10.8 Å². The van der Waals surface area contributed by atoms with Gasteiger partial charge >= 0.3 is 0 Å². The lowest BCUT2D eigenvalue weighted by Gasteiger charge is -2.44. The van der Waals surface area contributed by atoms with Crippen LogP contribution in [0.3, 0.4) is 0 Å². The Bertz CT molecular complexity index is 403. The van der Waals surface area contributed by atoms with Crippen molar-refractivity contribution in [2.45, 2.75) is 85.6 Å². The molecule has 2 unspecified atom stereocenters. The molecule has 0 aromatic rings. The van der Waals surface area contributed by atoms with Gasteiger partial charge in [-0.2, -0.15) is 0 Å². The van der Waals surface area contributed by atoms with Gasteiger partial charge in [0.15, 0.2) is 0 Å². The highest BCUT2D eigenvalue weighted by Crippen LogP contribution is 2.47. The molecule has 0 spiro atoms. The molecule has 1 saturated carbocycles. The van der Waals surface area contributed by atoms with Crippen molar-refractivity contribution < 1.29 is 9.59 Å². The molecular weight excluding hydrogens is 276 g/mol. The van der Waals surface area contributed by atoms with Gasteiger partial charge in [0.2, 0.25) is 12.2 Å². The average molecular weight is 308 g/mol. The van der Waals surface area contributed by atoms with Crippen LogP contribution in [0.4, 0.5) is 0 Å². The first-order chi connectivity index (χ1) is 10.3. The second kappa shape index (κ2) is 10.5. The van der Waals surface area contributed by atoms with E-state index in [-0.39, 0.29) is 16.9 Å². The fourth-order valence-electron chi connectivity index (χ4n) is 3.59. The maximum absolute atomic E-state index is 10.3. The highest BCUT2D eigenvalue weighted by Gasteiger charge is 2.41. The third-order valence-electron chi connectivity index (χ3n) is 4.14. The summed E-state index contributed by atoms with van der Waals surface area (Å²) >= 11 is 0. The second-order valence-electron chi connectivity index (χ2n) is 7.55. The maximum atomic E-state index is 10.3. The van der Waals surface area contributed by atoms with E-state index in [1.165, 1.54) is 25.7 Å². The van der Waals surface area contributed by atoms with Gasteiger partial charge in [-0.05, 0) is 30.1 Å². The quantitative estimate of drug-likeness (QED) is 0.401. The minimum atomic E-state index is -0.0653. The van der Waals surface area contributed by atoms with Crippen LogP contribution in [0.2, 0.25) is 0 Å². The van der Waals surface area contributed by atoms with Crippen LogP contribution in [0.25, 0.3) is 0 Å². The minimum Gasteiger partial charge on any atom is -0.211 e. The molecule has 4 nitrogen and oxygen atoms in total. The summed E-state index contributed by atoms with van der Waals surface area (Å²) in [6, 6.07) is 0.00750. The fourth-order valence-corrected chi connectivity index (χ4v) is 3.59. The van der Waals surface area contributed by atoms with Gasteiger partial charge in [-0.15, -0.1) is 0 Å². The number of hydrogen-bond acceptors (Lipinski definition) is 4. The lowest BCUT2D eigenvalue weighted by Crippen LogP contribution is -2.39. The first-order valence-corrected chi connectivity index (χ1v) is 8.43. The fraction of sp³-hybridized carbons (Fsp3) is 0.889. The summed E-state index contributed by atoms with van der Waals surface area (Å²) in [6.07, 6.45) is 11.4. The van der Waals surface area contributed by atoms with Gasteiger partial charge in [-0.1, -0.05) is 60.3 Å². The third kappa shape index (κ3) is 8.92. The summed E-state index contributed by atoms with van der Waals surface area (Å²) in [7, 11) is 0. The Labute approximate surface area is 135 Å². The van der Waals surface area contributed by atoms with E-state index in [2.05, 4.69) is 44.6 Å². The Morgan fingerprint density at radius 3 is 2.05 bits per heavy atom. The maximum Gasteiger partial charge on any atom is 0.235 e. The van der Waals surface area contributed by atoms with Gasteiger partial charge < -0.3 is 0 Å². The zero-order chi connectivity index (χ0) is 17.1. The zero-order valence-electron chi connectivity index (χ0n) is 14.9. The smallest absolute Gasteiger partial charge is 0.211 e. The van der Waals surface area contributed by atoms with E-state index >= 15 is 0 Å². The van der Waals surface area contributed by atoms with Crippen LogP contribution in [-0.2, 0) is 9.59 Å². The molecule has 0 amide bonds. The topological polar surface area (TPSA) is 58.9 Å². The van der Waals surface area contributed by atoms with Gasteiger partial charge in [-0.25, -0.2) is 19.6 Å². The predicted octanol–water partition coefficient (Wildman–Crippen LogP) is 4.83. The third-order valence-corrected chi connectivity index (χ3v) is 4.14. The number of rotatable bonds is 6. The van der Waals surface area contributed by atoms with Gasteiger partial charge in [0.1, 0.15) is 0 Å². The van der Waals surface area contributed by atoms with E-state index in [4.69, 9.17) is 0 Å². The largest absolute Gasteiger partial charge is 0.235 e. The monoisotopic (exact) mass is 308 g/mol. The molecule has 1 aliphatic rings. The van der Waals surface area contributed by atoms with E-state index in [1.807, 2.05) is 0 Å². The lowest BCUT2D eigenvalue weighted by atomic mass is 9.63. The van der Waals surface area contributed by atoms with Gasteiger partial charge in [0.25, 0.3) is 0 Å². The Morgan fingerprint density at radius 1 is 1.00 bits per heavy atom. The van der Waals surface area contributed by atoms with Crippen molar-refractivity contribution in [1.29, 1.82) is 0 Å². The Morgan fingerprint density at radius 2 is 1.59 bits per heavy atom. The summed E-state index contributed by atoms with van der Waals surface area (Å²) in [6.45, 7) is 11.3. The Hall–Kier alpha value is -1.24. The number of carbonyl (C=O) groups excluding carboxylic acids is 2. The van der Waals surface area contributed by atoms with E-state index in [9.17, 15) is 9.59 Å². The Balaban J connectivity index is 0.000000626. The molecule has 2 atom stereocenters. The van der Waals surface area contributed by atoms with Crippen molar-refractivity contribution in [2.75, 3.05) is 6.54 Å². The first kappa shape index (κ1) is 20.8. The normalized spacial score (nSPS) is 26.0. The van der Waals surface area contributed by atoms with Crippen molar-refractivity contribution >= 4 is 12.2 Å². The number of isocyanates is 2. The minimum absolute atomic E-state index is 0.00750. The van der Waals surface area contributed by atoms with Gasteiger partial charge in [0.05, 0.1) is 12.6 Å². The molecule has 0 heterocycles. The average Bonchev–Trinajstić information content (AvgIpc) is 2.42. The number of aliphatic imine (C=N–C) groups is 2. The molecule has 1 rings (SSSR count). The summed E-state index contributed by atoms with van der Waals surface area (Å²) in [5.74, 6) is 0. The molecule has 22 heavy (non-hydrogen) atoms. The van der Waals surface area contributed by atoms with Crippen LogP contribution >= 0.6 is 0 Å². The summed E-state index contributed by atoms with van der Waals surface area (Å²) < 4.78 is 0. The summed E-state index contributed by atoms with van der Waals surface area (Å²) in [5, 5.41) is 0. The standard InChI is InChI=1S/C12H18N2O2.C6H14/c1-11(2)4-10(14-9-16)5-12(3,6-11)7-13-8-15;1-3-5-6-4-2/h10H,4-7H2,1-3H3;3-6H2,1-2H3. The number of unbranched alkanes of at least 4 members (excludes halogenated alkanes) is 3. The molecule has 0 N–H and O–H groups in total. The van der Waals surface area contributed by atoms with Crippen LogP contribution in [0.5, 0.6) is 0 Å². The van der Waals surface area contributed by atoms with E-state index in [0.717, 1.165) is 19.3 Å². The molecule has 0 saturated heterocycles. The molecule has 1 aliphatic carbocycles. The molecule has 4 heteroatoms. The molecule has 0 aromatic heterocycles. The molecule has 0 radical (unpaired) electrons. The summed E-state index contributed by atoms with van der Waals surface area (Å²) in [5.41, 5.74) is 0.0561. The van der Waals surface area contributed by atoms with E-state index in [0.29, 0.717) is 6.54 Å². The lowest BCUT2D eigenvalue weighted by molar-refractivity contribution is 0.0915. The molecule has 1 fully saturated rings. The van der Waals surface area contributed by atoms with Crippen molar-refractivity contribution in [1.82, 2.24) is 0 Å². The van der Waals surface area contributed by atoms with Crippen molar-refractivity contribution in [3.8, 4) is 0 Å². The first-order valence-electron chi connectivity index (χ1n) is 8.43. The number of nitrogens with zero attached hydrogens (tertiary/aromatic N) is 2. The van der Waals surface area contributed by atoms with Gasteiger partial charge in [-0.3, -0.25) is 0 Å². The van der Waals surface area contributed by atoms with Crippen LogP contribution in [0.1, 0.15) is 79.6 Å². The van der Waals surface area contributed by atoms with Crippen LogP contribution in [0.15, 0.2) is 9.98 Å².